The van der Waals surface area contributed by atoms with Crippen molar-refractivity contribution in [1.82, 2.24) is 14.9 Å². The van der Waals surface area contributed by atoms with E-state index < -0.39 is 16.0 Å². The number of thiocarbonyl (C=S) groups is 1. The average molecular weight is 564 g/mol. The largest absolute Gasteiger partial charge is 0.494 e. The SMILES string of the molecule is COc1cc(N2C(=S)N[C@H](c3ccccn3)[C@H]2c2cccn2-c2ccc(C(=O)O)cc2)ccc1NS(C)(=O)=O. The van der Waals surface area contributed by atoms with Crippen molar-refractivity contribution in [3.05, 3.63) is 102 Å². The summed E-state index contributed by atoms with van der Waals surface area (Å²) in [6.07, 6.45) is 4.70. The zero-order valence-corrected chi connectivity index (χ0v) is 22.6. The van der Waals surface area contributed by atoms with Crippen molar-refractivity contribution in [2.75, 3.05) is 23.0 Å². The number of rotatable bonds is 8. The van der Waals surface area contributed by atoms with Gasteiger partial charge in [0.25, 0.3) is 0 Å². The maximum atomic E-state index is 11.8. The summed E-state index contributed by atoms with van der Waals surface area (Å²) in [5, 5.41) is 13.2. The van der Waals surface area contributed by atoms with Crippen LogP contribution >= 0.6 is 12.2 Å². The molecule has 10 nitrogen and oxygen atoms in total. The molecule has 0 unspecified atom stereocenters. The lowest BCUT2D eigenvalue weighted by Gasteiger charge is -2.29. The number of nitrogens with zero attached hydrogens (tertiary/aromatic N) is 3. The van der Waals surface area contributed by atoms with Crippen LogP contribution in [0.25, 0.3) is 5.69 Å². The number of aromatic nitrogens is 2. The number of carboxylic acids is 1. The van der Waals surface area contributed by atoms with Crippen molar-refractivity contribution >= 4 is 44.7 Å². The Bertz CT molecular complexity index is 1640. The zero-order chi connectivity index (χ0) is 27.7. The van der Waals surface area contributed by atoms with Crippen LogP contribution in [0.15, 0.2) is 85.2 Å². The summed E-state index contributed by atoms with van der Waals surface area (Å²) in [6, 6.07) is 20.6. The van der Waals surface area contributed by atoms with Gasteiger partial charge in [-0.25, -0.2) is 13.2 Å². The summed E-state index contributed by atoms with van der Waals surface area (Å²) in [6.45, 7) is 0. The molecule has 0 amide bonds. The van der Waals surface area contributed by atoms with Crippen molar-refractivity contribution in [3.63, 3.8) is 0 Å². The van der Waals surface area contributed by atoms with Gasteiger partial charge in [0, 0.05) is 35.5 Å². The Hall–Kier alpha value is -4.42. The van der Waals surface area contributed by atoms with E-state index in [1.165, 1.54) is 7.11 Å². The normalized spacial score (nSPS) is 17.1. The van der Waals surface area contributed by atoms with Gasteiger partial charge in [-0.3, -0.25) is 9.71 Å². The van der Waals surface area contributed by atoms with Crippen molar-refractivity contribution < 1.29 is 23.1 Å². The molecule has 1 saturated heterocycles. The molecular weight excluding hydrogens is 538 g/mol. The van der Waals surface area contributed by atoms with Gasteiger partial charge in [-0.05, 0) is 72.9 Å². The van der Waals surface area contributed by atoms with Gasteiger partial charge in [-0.2, -0.15) is 0 Å². The lowest BCUT2D eigenvalue weighted by Crippen LogP contribution is -2.30. The highest BCUT2D eigenvalue weighted by Gasteiger charge is 2.42. The summed E-state index contributed by atoms with van der Waals surface area (Å²) < 4.78 is 33.7. The van der Waals surface area contributed by atoms with Crippen LogP contribution in [-0.2, 0) is 10.0 Å². The highest BCUT2D eigenvalue weighted by Crippen LogP contribution is 2.44. The topological polar surface area (TPSA) is 126 Å². The first-order valence-electron chi connectivity index (χ1n) is 11.8. The summed E-state index contributed by atoms with van der Waals surface area (Å²) in [5.74, 6) is -0.663. The number of nitrogens with one attached hydrogen (secondary N) is 2. The summed E-state index contributed by atoms with van der Waals surface area (Å²) in [7, 11) is -2.05. The van der Waals surface area contributed by atoms with E-state index in [1.54, 1.807) is 48.7 Å². The predicted molar refractivity (Wildman–Crippen MR) is 152 cm³/mol. The molecule has 0 saturated carbocycles. The molecule has 0 spiro atoms. The summed E-state index contributed by atoms with van der Waals surface area (Å²) in [4.78, 5) is 17.9. The minimum Gasteiger partial charge on any atom is -0.494 e. The van der Waals surface area contributed by atoms with E-state index in [-0.39, 0.29) is 17.6 Å². The van der Waals surface area contributed by atoms with E-state index >= 15 is 0 Å². The lowest BCUT2D eigenvalue weighted by molar-refractivity contribution is 0.0697. The first-order chi connectivity index (χ1) is 18.7. The number of carbonyl (C=O) groups is 1. The molecule has 4 aromatic rings. The summed E-state index contributed by atoms with van der Waals surface area (Å²) >= 11 is 5.82. The maximum absolute atomic E-state index is 11.8. The Morgan fingerprint density at radius 1 is 1.08 bits per heavy atom. The molecule has 0 bridgehead atoms. The molecule has 2 atom stereocenters. The molecule has 3 heterocycles. The summed E-state index contributed by atoms with van der Waals surface area (Å²) in [5.41, 5.74) is 3.62. The standard InChI is InChI=1S/C27H25N5O5S2/c1-37-23-16-19(12-13-20(23)30-39(2,35)36)32-25(24(29-27(32)38)21-6-3-4-14-28-21)22-7-5-15-31(22)18-10-8-17(9-11-18)26(33)34/h3-16,24-25,30H,1-2H3,(H,29,38)(H,33,34)/t24-,25-/m1/s1. The first-order valence-corrected chi connectivity index (χ1v) is 14.1. The lowest BCUT2D eigenvalue weighted by atomic mass is 10.0. The Morgan fingerprint density at radius 2 is 1.82 bits per heavy atom. The van der Waals surface area contributed by atoms with Crippen LogP contribution in [-0.4, -0.2) is 47.5 Å². The van der Waals surface area contributed by atoms with Crippen LogP contribution in [0.2, 0.25) is 0 Å². The van der Waals surface area contributed by atoms with Gasteiger partial charge < -0.3 is 24.6 Å². The molecule has 0 aliphatic carbocycles. The van der Waals surface area contributed by atoms with Gasteiger partial charge in [-0.1, -0.05) is 6.07 Å². The molecule has 2 aromatic heterocycles. The van der Waals surface area contributed by atoms with Crippen LogP contribution in [0.3, 0.4) is 0 Å². The molecular formula is C27H25N5O5S2. The van der Waals surface area contributed by atoms with Crippen LogP contribution in [0.1, 0.15) is 33.8 Å². The van der Waals surface area contributed by atoms with Crippen molar-refractivity contribution in [3.8, 4) is 11.4 Å². The average Bonchev–Trinajstić information content (AvgIpc) is 3.53. The highest BCUT2D eigenvalue weighted by atomic mass is 32.2. The molecule has 39 heavy (non-hydrogen) atoms. The van der Waals surface area contributed by atoms with E-state index in [0.717, 1.165) is 23.3 Å². The van der Waals surface area contributed by atoms with Gasteiger partial charge in [0.1, 0.15) is 11.8 Å². The number of pyridine rings is 1. The third-order valence-corrected chi connectivity index (χ3v) is 7.24. The molecule has 5 rings (SSSR count). The van der Waals surface area contributed by atoms with Gasteiger partial charge in [0.2, 0.25) is 10.0 Å². The number of hydrogen-bond acceptors (Lipinski definition) is 6. The van der Waals surface area contributed by atoms with E-state index in [1.807, 2.05) is 46.0 Å². The van der Waals surface area contributed by atoms with Gasteiger partial charge >= 0.3 is 5.97 Å². The maximum Gasteiger partial charge on any atom is 0.335 e. The van der Waals surface area contributed by atoms with Gasteiger partial charge in [0.15, 0.2) is 5.11 Å². The quantitative estimate of drug-likeness (QED) is 0.271. The Balaban J connectivity index is 1.63. The number of sulfonamides is 1. The number of anilines is 2. The van der Waals surface area contributed by atoms with Crippen LogP contribution in [0, 0.1) is 0 Å². The zero-order valence-electron chi connectivity index (χ0n) is 21.0. The van der Waals surface area contributed by atoms with Crippen molar-refractivity contribution in [2.45, 2.75) is 12.1 Å². The third-order valence-electron chi connectivity index (χ3n) is 6.33. The van der Waals surface area contributed by atoms with Crippen LogP contribution in [0.4, 0.5) is 11.4 Å². The molecule has 1 aliphatic rings. The Kier molecular flexibility index (Phi) is 6.98. The van der Waals surface area contributed by atoms with Crippen LogP contribution in [0.5, 0.6) is 5.75 Å². The molecule has 3 N–H and O–H groups in total. The molecule has 2 aromatic carbocycles. The number of benzene rings is 2. The van der Waals surface area contributed by atoms with Crippen LogP contribution < -0.4 is 19.7 Å². The third kappa shape index (κ3) is 5.29. The molecule has 1 aliphatic heterocycles. The fourth-order valence-electron chi connectivity index (χ4n) is 4.68. The second kappa shape index (κ2) is 10.4. The van der Waals surface area contributed by atoms with Gasteiger partial charge in [-0.15, -0.1) is 0 Å². The Morgan fingerprint density at radius 3 is 2.46 bits per heavy atom. The Labute approximate surface area is 230 Å². The monoisotopic (exact) mass is 563 g/mol. The predicted octanol–water partition coefficient (Wildman–Crippen LogP) is 4.13. The molecule has 12 heteroatoms. The number of carboxylic acid groups (broad SMARTS) is 1. The van der Waals surface area contributed by atoms with Gasteiger partial charge in [0.05, 0.1) is 36.4 Å². The van der Waals surface area contributed by atoms with E-state index in [2.05, 4.69) is 15.0 Å². The van der Waals surface area contributed by atoms with Crippen molar-refractivity contribution in [1.29, 1.82) is 0 Å². The molecule has 0 radical (unpaired) electrons. The van der Waals surface area contributed by atoms with E-state index in [9.17, 15) is 18.3 Å². The van der Waals surface area contributed by atoms with Crippen molar-refractivity contribution in [2.24, 2.45) is 0 Å². The van der Waals surface area contributed by atoms with E-state index in [4.69, 9.17) is 17.0 Å². The fourth-order valence-corrected chi connectivity index (χ4v) is 5.60. The number of methoxy groups -OCH3 is 1. The number of ether oxygens (including phenoxy) is 1. The number of aromatic carboxylic acids is 1. The minimum absolute atomic E-state index is 0.194. The highest BCUT2D eigenvalue weighted by molar-refractivity contribution is 7.92. The smallest absolute Gasteiger partial charge is 0.335 e. The molecule has 200 valence electrons. The minimum atomic E-state index is -3.52. The van der Waals surface area contributed by atoms with E-state index in [0.29, 0.717) is 22.2 Å². The molecule has 1 fully saturated rings. The first kappa shape index (κ1) is 26.2. The fraction of sp³-hybridized carbons (Fsp3) is 0.148. The number of hydrogen-bond donors (Lipinski definition) is 3. The second-order valence-electron chi connectivity index (χ2n) is 8.91. The second-order valence-corrected chi connectivity index (χ2v) is 11.0.